The molecule has 0 bridgehead atoms. The Balaban J connectivity index is 1.29. The Bertz CT molecular complexity index is 1280. The first-order valence-corrected chi connectivity index (χ1v) is 14.9. The number of hydrogen-bond donors (Lipinski definition) is 0. The molecule has 1 saturated heterocycles. The van der Waals surface area contributed by atoms with Gasteiger partial charge in [0.15, 0.2) is 0 Å². The van der Waals surface area contributed by atoms with Crippen molar-refractivity contribution >= 4 is 23.3 Å². The molecule has 1 aliphatic carbocycles. The summed E-state index contributed by atoms with van der Waals surface area (Å²) >= 11 is 0. The van der Waals surface area contributed by atoms with Gasteiger partial charge >= 0.3 is 5.97 Å². The second-order valence-corrected chi connectivity index (χ2v) is 10.9. The molecule has 0 spiro atoms. The maximum absolute atomic E-state index is 14.0. The summed E-state index contributed by atoms with van der Waals surface area (Å²) in [5.41, 5.74) is 3.13. The summed E-state index contributed by atoms with van der Waals surface area (Å²) in [4.78, 5) is 33.9. The van der Waals surface area contributed by atoms with Crippen molar-refractivity contribution in [3.8, 4) is 5.75 Å². The van der Waals surface area contributed by atoms with E-state index in [0.717, 1.165) is 75.4 Å². The van der Waals surface area contributed by atoms with Gasteiger partial charge in [0.1, 0.15) is 12.4 Å². The fraction of sp³-hybridized carbons (Fsp3) is 0.412. The SMILES string of the molecule is COc1ccccc1N1CCN(CCN(C(=O)C2CCCCC2)c2ccccc2C(=O)OCc2ccccc2)CC1. The zero-order valence-electron chi connectivity index (χ0n) is 24.0. The molecular weight excluding hydrogens is 514 g/mol. The van der Waals surface area contributed by atoms with Gasteiger partial charge in [-0.15, -0.1) is 0 Å². The average molecular weight is 556 g/mol. The van der Waals surface area contributed by atoms with Gasteiger partial charge in [-0.2, -0.15) is 0 Å². The van der Waals surface area contributed by atoms with Crippen molar-refractivity contribution in [3.05, 3.63) is 90.0 Å². The van der Waals surface area contributed by atoms with Gasteiger partial charge in [-0.1, -0.05) is 73.9 Å². The third kappa shape index (κ3) is 7.27. The quantitative estimate of drug-likeness (QED) is 0.295. The van der Waals surface area contributed by atoms with E-state index in [1.54, 1.807) is 13.2 Å². The van der Waals surface area contributed by atoms with E-state index in [2.05, 4.69) is 15.9 Å². The third-order valence-electron chi connectivity index (χ3n) is 8.29. The van der Waals surface area contributed by atoms with Crippen LogP contribution in [-0.4, -0.2) is 63.2 Å². The fourth-order valence-corrected chi connectivity index (χ4v) is 5.95. The Hall–Kier alpha value is -3.84. The van der Waals surface area contributed by atoms with Gasteiger partial charge in [-0.3, -0.25) is 9.69 Å². The molecule has 7 heteroatoms. The molecule has 3 aromatic rings. The lowest BCUT2D eigenvalue weighted by atomic mass is 9.88. The van der Waals surface area contributed by atoms with Crippen molar-refractivity contribution in [1.82, 2.24) is 4.90 Å². The van der Waals surface area contributed by atoms with Crippen molar-refractivity contribution in [3.63, 3.8) is 0 Å². The first-order chi connectivity index (χ1) is 20.1. The Morgan fingerprint density at radius 3 is 2.27 bits per heavy atom. The number of carbonyl (C=O) groups is 2. The van der Waals surface area contributed by atoms with Crippen LogP contribution in [0, 0.1) is 5.92 Å². The summed E-state index contributed by atoms with van der Waals surface area (Å²) in [5.74, 6) is 0.609. The topological polar surface area (TPSA) is 62.3 Å². The van der Waals surface area contributed by atoms with Gasteiger partial charge in [-0.25, -0.2) is 4.79 Å². The molecule has 1 saturated carbocycles. The van der Waals surface area contributed by atoms with Gasteiger partial charge in [-0.05, 0) is 42.7 Å². The summed E-state index contributed by atoms with van der Waals surface area (Å²) < 4.78 is 11.3. The number of methoxy groups -OCH3 is 1. The van der Waals surface area contributed by atoms with Gasteiger partial charge in [0.2, 0.25) is 5.91 Å². The van der Waals surface area contributed by atoms with Gasteiger partial charge in [0.05, 0.1) is 24.0 Å². The molecule has 0 unspecified atom stereocenters. The molecule has 216 valence electrons. The van der Waals surface area contributed by atoms with Crippen LogP contribution in [-0.2, 0) is 16.1 Å². The van der Waals surface area contributed by atoms with Crippen LogP contribution < -0.4 is 14.5 Å². The minimum absolute atomic E-state index is 0.000428. The number of piperazine rings is 1. The zero-order valence-corrected chi connectivity index (χ0v) is 24.0. The monoisotopic (exact) mass is 555 g/mol. The van der Waals surface area contributed by atoms with Crippen molar-refractivity contribution < 1.29 is 19.1 Å². The summed E-state index contributed by atoms with van der Waals surface area (Å²) in [6, 6.07) is 25.2. The molecule has 0 aromatic heterocycles. The number of benzene rings is 3. The Morgan fingerprint density at radius 1 is 0.829 bits per heavy atom. The lowest BCUT2D eigenvalue weighted by Gasteiger charge is -2.38. The maximum atomic E-state index is 14.0. The van der Waals surface area contributed by atoms with Crippen LogP contribution in [0.2, 0.25) is 0 Å². The normalized spacial score (nSPS) is 16.3. The van der Waals surface area contributed by atoms with Crippen molar-refractivity contribution in [2.24, 2.45) is 5.92 Å². The van der Waals surface area contributed by atoms with Gasteiger partial charge in [0.25, 0.3) is 0 Å². The molecule has 1 heterocycles. The van der Waals surface area contributed by atoms with E-state index in [9.17, 15) is 9.59 Å². The number of rotatable bonds is 10. The van der Waals surface area contributed by atoms with E-state index in [1.165, 1.54) is 6.42 Å². The highest BCUT2D eigenvalue weighted by molar-refractivity contribution is 6.03. The molecule has 1 amide bonds. The largest absolute Gasteiger partial charge is 0.495 e. The average Bonchev–Trinajstić information content (AvgIpc) is 3.05. The number of nitrogens with zero attached hydrogens (tertiary/aromatic N) is 3. The van der Waals surface area contributed by atoms with E-state index in [0.29, 0.717) is 17.8 Å². The lowest BCUT2D eigenvalue weighted by Crippen LogP contribution is -2.50. The zero-order chi connectivity index (χ0) is 28.4. The highest BCUT2D eigenvalue weighted by Crippen LogP contribution is 2.31. The number of ether oxygens (including phenoxy) is 2. The molecule has 2 fully saturated rings. The summed E-state index contributed by atoms with van der Waals surface area (Å²) in [7, 11) is 1.71. The third-order valence-corrected chi connectivity index (χ3v) is 8.29. The predicted octanol–water partition coefficient (Wildman–Crippen LogP) is 5.79. The molecule has 7 nitrogen and oxygen atoms in total. The van der Waals surface area contributed by atoms with Crippen LogP contribution in [0.4, 0.5) is 11.4 Å². The molecule has 1 aliphatic heterocycles. The molecule has 0 radical (unpaired) electrons. The predicted molar refractivity (Wildman–Crippen MR) is 163 cm³/mol. The molecule has 2 aliphatic rings. The highest BCUT2D eigenvalue weighted by atomic mass is 16.5. The Kier molecular flexibility index (Phi) is 9.91. The van der Waals surface area contributed by atoms with Crippen LogP contribution in [0.3, 0.4) is 0 Å². The first-order valence-electron chi connectivity index (χ1n) is 14.9. The lowest BCUT2D eigenvalue weighted by molar-refractivity contribution is -0.123. The Morgan fingerprint density at radius 2 is 1.51 bits per heavy atom. The standard InChI is InChI=1S/C34H41N3O4/c1-40-32-19-11-10-18-31(32)36-23-20-35(21-24-36)22-25-37(33(38)28-14-6-3-7-15-28)30-17-9-8-16-29(30)34(39)41-26-27-12-4-2-5-13-27/h2,4-5,8-13,16-19,28H,3,6-7,14-15,20-26H2,1H3. The number of carbonyl (C=O) groups excluding carboxylic acids is 2. The van der Waals surface area contributed by atoms with Crippen LogP contribution in [0.15, 0.2) is 78.9 Å². The van der Waals surface area contributed by atoms with E-state index in [4.69, 9.17) is 9.47 Å². The second-order valence-electron chi connectivity index (χ2n) is 10.9. The van der Waals surface area contributed by atoms with Crippen LogP contribution >= 0.6 is 0 Å². The summed E-state index contributed by atoms with van der Waals surface area (Å²) in [6.07, 6.45) is 5.16. The van der Waals surface area contributed by atoms with Crippen LogP contribution in [0.5, 0.6) is 5.75 Å². The van der Waals surface area contributed by atoms with Crippen LogP contribution in [0.25, 0.3) is 0 Å². The number of para-hydroxylation sites is 3. The minimum Gasteiger partial charge on any atom is -0.495 e. The van der Waals surface area contributed by atoms with Crippen LogP contribution in [0.1, 0.15) is 48.0 Å². The van der Waals surface area contributed by atoms with Crippen molar-refractivity contribution in [1.29, 1.82) is 0 Å². The van der Waals surface area contributed by atoms with E-state index < -0.39 is 5.97 Å². The minimum atomic E-state index is -0.406. The van der Waals surface area contributed by atoms with E-state index in [-0.39, 0.29) is 18.4 Å². The molecule has 0 atom stereocenters. The Labute approximate surface area is 243 Å². The summed E-state index contributed by atoms with van der Waals surface area (Å²) in [5, 5.41) is 0. The van der Waals surface area contributed by atoms with Gasteiger partial charge in [0, 0.05) is 45.2 Å². The molecule has 5 rings (SSSR count). The van der Waals surface area contributed by atoms with E-state index >= 15 is 0 Å². The van der Waals surface area contributed by atoms with Crippen molar-refractivity contribution in [2.45, 2.75) is 38.7 Å². The maximum Gasteiger partial charge on any atom is 0.340 e. The highest BCUT2D eigenvalue weighted by Gasteiger charge is 2.30. The first kappa shape index (κ1) is 28.7. The molecule has 41 heavy (non-hydrogen) atoms. The number of amides is 1. The van der Waals surface area contributed by atoms with Gasteiger partial charge < -0.3 is 19.3 Å². The van der Waals surface area contributed by atoms with E-state index in [1.807, 2.05) is 71.6 Å². The van der Waals surface area contributed by atoms with Crippen molar-refractivity contribution in [2.75, 3.05) is 56.2 Å². The number of anilines is 2. The number of hydrogen-bond acceptors (Lipinski definition) is 6. The number of esters is 1. The smallest absolute Gasteiger partial charge is 0.340 e. The molecule has 3 aromatic carbocycles. The molecular formula is C34H41N3O4. The second kappa shape index (κ2) is 14.2. The molecule has 0 N–H and O–H groups in total. The summed E-state index contributed by atoms with van der Waals surface area (Å²) in [6.45, 7) is 5.03. The fourth-order valence-electron chi connectivity index (χ4n) is 5.95.